The lowest BCUT2D eigenvalue weighted by Gasteiger charge is -2.31. The van der Waals surface area contributed by atoms with Crippen LogP contribution in [-0.2, 0) is 7.05 Å². The first-order valence-electron chi connectivity index (χ1n) is 8.74. The van der Waals surface area contributed by atoms with Crippen LogP contribution in [-0.4, -0.2) is 59.9 Å². The Balaban J connectivity index is 1.32. The maximum atomic E-state index is 12.4. The molecule has 0 spiro atoms. The Hall–Kier alpha value is -3.36. The molecule has 4 rings (SSSR count). The molecule has 138 valence electrons. The van der Waals surface area contributed by atoms with Crippen LogP contribution in [0.5, 0.6) is 6.01 Å². The maximum Gasteiger partial charge on any atom is 0.316 e. The Bertz CT molecular complexity index is 903. The predicted molar refractivity (Wildman–Crippen MR) is 95.8 cm³/mol. The molecule has 0 saturated carbocycles. The van der Waals surface area contributed by atoms with Gasteiger partial charge in [-0.25, -0.2) is 9.97 Å². The van der Waals surface area contributed by atoms with E-state index in [0.29, 0.717) is 24.8 Å². The van der Waals surface area contributed by atoms with E-state index in [1.807, 2.05) is 12.1 Å². The number of carbonyl (C=O) groups excluding carboxylic acids is 1. The van der Waals surface area contributed by atoms with Gasteiger partial charge in [0.15, 0.2) is 5.69 Å². The number of carbonyl (C=O) groups is 1. The molecule has 27 heavy (non-hydrogen) atoms. The highest BCUT2D eigenvalue weighted by Crippen LogP contribution is 2.20. The van der Waals surface area contributed by atoms with Gasteiger partial charge in [-0.2, -0.15) is 0 Å². The van der Waals surface area contributed by atoms with Crippen molar-refractivity contribution in [3.05, 3.63) is 48.8 Å². The van der Waals surface area contributed by atoms with Gasteiger partial charge in [0.2, 0.25) is 0 Å². The molecule has 1 aliphatic heterocycles. The minimum Gasteiger partial charge on any atom is -0.460 e. The summed E-state index contributed by atoms with van der Waals surface area (Å²) in [6.45, 7) is 1.21. The van der Waals surface area contributed by atoms with E-state index in [9.17, 15) is 4.79 Å². The molecule has 9 heteroatoms. The van der Waals surface area contributed by atoms with Gasteiger partial charge in [-0.3, -0.25) is 14.5 Å². The Morgan fingerprint density at radius 3 is 2.44 bits per heavy atom. The first kappa shape index (κ1) is 17.1. The number of likely N-dealkylation sites (tertiary alicyclic amines) is 1. The molecule has 1 saturated heterocycles. The van der Waals surface area contributed by atoms with Crippen LogP contribution >= 0.6 is 0 Å². The molecule has 1 amide bonds. The van der Waals surface area contributed by atoms with Gasteiger partial charge in [-0.1, -0.05) is 5.21 Å². The number of pyridine rings is 1. The van der Waals surface area contributed by atoms with Gasteiger partial charge in [-0.15, -0.1) is 5.10 Å². The van der Waals surface area contributed by atoms with Crippen molar-refractivity contribution in [3.63, 3.8) is 0 Å². The molecule has 0 N–H and O–H groups in total. The van der Waals surface area contributed by atoms with E-state index in [1.165, 1.54) is 4.68 Å². The number of hydrogen-bond donors (Lipinski definition) is 0. The molecule has 1 aliphatic rings. The monoisotopic (exact) mass is 365 g/mol. The van der Waals surface area contributed by atoms with Crippen molar-refractivity contribution in [1.82, 2.24) is 34.8 Å². The van der Waals surface area contributed by atoms with Crippen molar-refractivity contribution in [2.24, 2.45) is 7.05 Å². The van der Waals surface area contributed by atoms with Crippen molar-refractivity contribution in [3.8, 4) is 17.1 Å². The second-order valence-corrected chi connectivity index (χ2v) is 6.38. The van der Waals surface area contributed by atoms with Crippen LogP contribution < -0.4 is 4.74 Å². The zero-order valence-corrected chi connectivity index (χ0v) is 14.9. The van der Waals surface area contributed by atoms with Gasteiger partial charge in [0.25, 0.3) is 5.91 Å². The number of piperidine rings is 1. The highest BCUT2D eigenvalue weighted by Gasteiger charge is 2.26. The van der Waals surface area contributed by atoms with Gasteiger partial charge in [0, 0.05) is 63.3 Å². The zero-order chi connectivity index (χ0) is 18.6. The molecular formula is C18H19N7O2. The average molecular weight is 365 g/mol. The van der Waals surface area contributed by atoms with Crippen LogP contribution in [0.3, 0.4) is 0 Å². The fourth-order valence-electron chi connectivity index (χ4n) is 3.00. The van der Waals surface area contributed by atoms with Crippen LogP contribution in [0, 0.1) is 0 Å². The van der Waals surface area contributed by atoms with Crippen LogP contribution in [0.25, 0.3) is 11.1 Å². The summed E-state index contributed by atoms with van der Waals surface area (Å²) in [5.74, 6) is -0.0977. The summed E-state index contributed by atoms with van der Waals surface area (Å²) >= 11 is 0. The highest BCUT2D eigenvalue weighted by atomic mass is 16.5. The Kier molecular flexibility index (Phi) is 4.73. The normalized spacial score (nSPS) is 14.9. The van der Waals surface area contributed by atoms with E-state index < -0.39 is 0 Å². The van der Waals surface area contributed by atoms with Crippen molar-refractivity contribution < 1.29 is 9.53 Å². The molecular weight excluding hydrogens is 346 g/mol. The minimum absolute atomic E-state index is 0.0114. The Morgan fingerprint density at radius 2 is 1.81 bits per heavy atom. The summed E-state index contributed by atoms with van der Waals surface area (Å²) in [5.41, 5.74) is 2.29. The Labute approximate surface area is 156 Å². The van der Waals surface area contributed by atoms with E-state index >= 15 is 0 Å². The highest BCUT2D eigenvalue weighted by molar-refractivity contribution is 5.91. The SMILES string of the molecule is Cn1cc(C(=O)N2CCC(Oc3ncc(-c4ccncc4)cn3)CC2)nn1. The second-order valence-electron chi connectivity index (χ2n) is 6.38. The number of nitrogens with zero attached hydrogens (tertiary/aromatic N) is 7. The molecule has 1 fully saturated rings. The molecule has 0 aliphatic carbocycles. The summed E-state index contributed by atoms with van der Waals surface area (Å²) in [5, 5.41) is 7.68. The average Bonchev–Trinajstić information content (AvgIpc) is 3.16. The number of rotatable bonds is 4. The summed E-state index contributed by atoms with van der Waals surface area (Å²) in [6.07, 6.45) is 10.0. The van der Waals surface area contributed by atoms with E-state index in [2.05, 4.69) is 25.3 Å². The number of aryl methyl sites for hydroxylation is 1. The standard InChI is InChI=1S/C18H19N7O2/c1-24-12-16(22-23-24)17(26)25-8-4-15(5-9-25)27-18-20-10-14(11-21-18)13-2-6-19-7-3-13/h2-3,6-7,10-12,15H,4-5,8-9H2,1H3. The molecule has 0 atom stereocenters. The van der Waals surface area contributed by atoms with Crippen LogP contribution in [0.4, 0.5) is 0 Å². The third-order valence-corrected chi connectivity index (χ3v) is 4.46. The fraction of sp³-hybridized carbons (Fsp3) is 0.333. The van der Waals surface area contributed by atoms with Crippen molar-refractivity contribution in [2.45, 2.75) is 18.9 Å². The van der Waals surface area contributed by atoms with Gasteiger partial charge in [0.05, 0.1) is 6.20 Å². The molecule has 0 unspecified atom stereocenters. The van der Waals surface area contributed by atoms with Crippen LogP contribution in [0.15, 0.2) is 43.1 Å². The van der Waals surface area contributed by atoms with Crippen molar-refractivity contribution in [2.75, 3.05) is 13.1 Å². The first-order valence-corrected chi connectivity index (χ1v) is 8.74. The summed E-state index contributed by atoms with van der Waals surface area (Å²) < 4.78 is 7.40. The molecule has 9 nitrogen and oxygen atoms in total. The van der Waals surface area contributed by atoms with E-state index in [1.54, 1.807) is 42.9 Å². The molecule has 4 heterocycles. The largest absolute Gasteiger partial charge is 0.460 e. The molecule has 0 aromatic carbocycles. The lowest BCUT2D eigenvalue weighted by molar-refractivity contribution is 0.0573. The lowest BCUT2D eigenvalue weighted by Crippen LogP contribution is -2.42. The van der Waals surface area contributed by atoms with Gasteiger partial charge in [0.1, 0.15) is 6.10 Å². The summed E-state index contributed by atoms with van der Waals surface area (Å²) in [6, 6.07) is 4.16. The number of aromatic nitrogens is 6. The minimum atomic E-state index is -0.0977. The second kappa shape index (κ2) is 7.48. The molecule has 0 bridgehead atoms. The fourth-order valence-corrected chi connectivity index (χ4v) is 3.00. The number of hydrogen-bond acceptors (Lipinski definition) is 7. The van der Waals surface area contributed by atoms with E-state index in [4.69, 9.17) is 4.74 Å². The smallest absolute Gasteiger partial charge is 0.316 e. The van der Waals surface area contributed by atoms with E-state index in [-0.39, 0.29) is 12.0 Å². The molecule has 0 radical (unpaired) electrons. The van der Waals surface area contributed by atoms with Crippen LogP contribution in [0.2, 0.25) is 0 Å². The third-order valence-electron chi connectivity index (χ3n) is 4.46. The van der Waals surface area contributed by atoms with Gasteiger partial charge < -0.3 is 9.64 Å². The molecule has 3 aromatic rings. The quantitative estimate of drug-likeness (QED) is 0.688. The third kappa shape index (κ3) is 3.91. The van der Waals surface area contributed by atoms with Crippen molar-refractivity contribution >= 4 is 5.91 Å². The number of amides is 1. The first-order chi connectivity index (χ1) is 13.2. The Morgan fingerprint density at radius 1 is 1.11 bits per heavy atom. The predicted octanol–water partition coefficient (Wildman–Crippen LogP) is 1.35. The van der Waals surface area contributed by atoms with Crippen LogP contribution in [0.1, 0.15) is 23.3 Å². The maximum absolute atomic E-state index is 12.4. The molecule has 3 aromatic heterocycles. The van der Waals surface area contributed by atoms with Gasteiger partial charge >= 0.3 is 6.01 Å². The lowest BCUT2D eigenvalue weighted by atomic mass is 10.1. The topological polar surface area (TPSA) is 98.9 Å². The number of ether oxygens (including phenoxy) is 1. The summed E-state index contributed by atoms with van der Waals surface area (Å²) in [4.78, 5) is 26.8. The zero-order valence-electron chi connectivity index (χ0n) is 14.9. The van der Waals surface area contributed by atoms with E-state index in [0.717, 1.165) is 24.0 Å². The van der Waals surface area contributed by atoms with Gasteiger partial charge in [-0.05, 0) is 17.7 Å². The summed E-state index contributed by atoms with van der Waals surface area (Å²) in [7, 11) is 1.74. The van der Waals surface area contributed by atoms with Crippen molar-refractivity contribution in [1.29, 1.82) is 0 Å².